The van der Waals surface area contributed by atoms with Crippen molar-refractivity contribution in [2.24, 2.45) is 0 Å². The van der Waals surface area contributed by atoms with Crippen LogP contribution in [-0.4, -0.2) is 22.0 Å². The first-order valence-electron chi connectivity index (χ1n) is 5.56. The maximum absolute atomic E-state index is 4.42. The molecule has 0 saturated carbocycles. The Hall–Kier alpha value is -0.0600. The molecule has 2 heterocycles. The third-order valence-corrected chi connectivity index (χ3v) is 5.19. The number of hydrogen-bond acceptors (Lipinski definition) is 4. The first kappa shape index (κ1) is 11.4. The lowest BCUT2D eigenvalue weighted by atomic mass is 10.2. The van der Waals surface area contributed by atoms with Crippen LogP contribution >= 0.6 is 23.1 Å². The van der Waals surface area contributed by atoms with Crippen LogP contribution < -0.4 is 5.32 Å². The molecule has 84 valence electrons. The second kappa shape index (κ2) is 5.32. The number of thiazole rings is 1. The molecule has 1 fully saturated rings. The first-order valence-corrected chi connectivity index (χ1v) is 7.43. The molecule has 2 rings (SSSR count). The number of thioether (sulfide) groups is 1. The highest BCUT2D eigenvalue weighted by Crippen LogP contribution is 2.26. The minimum Gasteiger partial charge on any atom is -0.307 e. The second-order valence-corrected chi connectivity index (χ2v) is 6.70. The summed E-state index contributed by atoms with van der Waals surface area (Å²) < 4.78 is 0. The van der Waals surface area contributed by atoms with Gasteiger partial charge in [-0.3, -0.25) is 0 Å². The summed E-state index contributed by atoms with van der Waals surface area (Å²) in [4.78, 5) is 5.81. The molecule has 15 heavy (non-hydrogen) atoms. The van der Waals surface area contributed by atoms with Crippen molar-refractivity contribution in [3.63, 3.8) is 0 Å². The molecule has 1 N–H and O–H groups in total. The second-order valence-electron chi connectivity index (χ2n) is 4.03. The summed E-state index contributed by atoms with van der Waals surface area (Å²) in [6.45, 7) is 5.44. The standard InChI is InChI=1S/C11H18N2S2/c1-3-10-5-13-11(15-10)6-12-9-4-8(2)14-7-9/h5,8-9,12H,3-4,6-7H2,1-2H3. The highest BCUT2D eigenvalue weighted by Gasteiger charge is 2.21. The van der Waals surface area contributed by atoms with Gasteiger partial charge < -0.3 is 5.32 Å². The van der Waals surface area contributed by atoms with Crippen LogP contribution in [0.2, 0.25) is 0 Å². The van der Waals surface area contributed by atoms with Gasteiger partial charge in [0, 0.05) is 34.7 Å². The van der Waals surface area contributed by atoms with Crippen LogP contribution in [0, 0.1) is 0 Å². The Kier molecular flexibility index (Phi) is 4.05. The van der Waals surface area contributed by atoms with Crippen molar-refractivity contribution in [2.75, 3.05) is 5.75 Å². The number of aryl methyl sites for hydroxylation is 1. The molecule has 1 aromatic rings. The van der Waals surface area contributed by atoms with E-state index in [4.69, 9.17) is 0 Å². The maximum atomic E-state index is 4.42. The highest BCUT2D eigenvalue weighted by molar-refractivity contribution is 8.00. The van der Waals surface area contributed by atoms with Crippen LogP contribution in [0.5, 0.6) is 0 Å². The van der Waals surface area contributed by atoms with Crippen LogP contribution in [0.15, 0.2) is 6.20 Å². The van der Waals surface area contributed by atoms with Gasteiger partial charge in [-0.05, 0) is 12.8 Å². The van der Waals surface area contributed by atoms with Gasteiger partial charge >= 0.3 is 0 Å². The third-order valence-electron chi connectivity index (χ3n) is 2.69. The van der Waals surface area contributed by atoms with E-state index in [0.717, 1.165) is 18.2 Å². The number of hydrogen-bond donors (Lipinski definition) is 1. The molecule has 1 aliphatic heterocycles. The van der Waals surface area contributed by atoms with Crippen molar-refractivity contribution in [3.8, 4) is 0 Å². The fraction of sp³-hybridized carbons (Fsp3) is 0.727. The summed E-state index contributed by atoms with van der Waals surface area (Å²) >= 11 is 3.91. The Morgan fingerprint density at radius 2 is 2.47 bits per heavy atom. The SMILES string of the molecule is CCc1cnc(CNC2CSC(C)C2)s1. The van der Waals surface area contributed by atoms with Crippen LogP contribution in [0.3, 0.4) is 0 Å². The molecule has 1 saturated heterocycles. The zero-order valence-corrected chi connectivity index (χ0v) is 11.0. The molecule has 2 atom stereocenters. The zero-order chi connectivity index (χ0) is 10.7. The van der Waals surface area contributed by atoms with Crippen molar-refractivity contribution >= 4 is 23.1 Å². The molecule has 1 aromatic heterocycles. The fourth-order valence-electron chi connectivity index (χ4n) is 1.78. The van der Waals surface area contributed by atoms with Crippen LogP contribution in [0.4, 0.5) is 0 Å². The molecule has 2 unspecified atom stereocenters. The highest BCUT2D eigenvalue weighted by atomic mass is 32.2. The van der Waals surface area contributed by atoms with Crippen LogP contribution in [-0.2, 0) is 13.0 Å². The van der Waals surface area contributed by atoms with E-state index in [9.17, 15) is 0 Å². The molecule has 1 aliphatic rings. The van der Waals surface area contributed by atoms with Gasteiger partial charge in [0.05, 0.1) is 0 Å². The average Bonchev–Trinajstić information content (AvgIpc) is 2.83. The molecule has 4 heteroatoms. The molecule has 0 bridgehead atoms. The Morgan fingerprint density at radius 1 is 1.60 bits per heavy atom. The Labute approximate surface area is 99.9 Å². The van der Waals surface area contributed by atoms with Gasteiger partial charge in [-0.2, -0.15) is 11.8 Å². The van der Waals surface area contributed by atoms with E-state index in [2.05, 4.69) is 35.9 Å². The topological polar surface area (TPSA) is 24.9 Å². The minimum atomic E-state index is 0.693. The first-order chi connectivity index (χ1) is 7.28. The van der Waals surface area contributed by atoms with Gasteiger partial charge in [0.15, 0.2) is 0 Å². The molecule has 0 amide bonds. The lowest BCUT2D eigenvalue weighted by Crippen LogP contribution is -2.28. The van der Waals surface area contributed by atoms with E-state index in [1.54, 1.807) is 0 Å². The largest absolute Gasteiger partial charge is 0.307 e. The van der Waals surface area contributed by atoms with E-state index in [1.165, 1.54) is 22.1 Å². The minimum absolute atomic E-state index is 0.693. The van der Waals surface area contributed by atoms with Crippen LogP contribution in [0.25, 0.3) is 0 Å². The lowest BCUT2D eigenvalue weighted by Gasteiger charge is -2.09. The molecule has 2 nitrogen and oxygen atoms in total. The zero-order valence-electron chi connectivity index (χ0n) is 9.32. The predicted octanol–water partition coefficient (Wildman–Crippen LogP) is 2.69. The summed E-state index contributed by atoms with van der Waals surface area (Å²) in [6.07, 6.45) is 4.42. The van der Waals surface area contributed by atoms with Gasteiger partial charge in [-0.1, -0.05) is 13.8 Å². The maximum Gasteiger partial charge on any atom is 0.107 e. The van der Waals surface area contributed by atoms with E-state index < -0.39 is 0 Å². The number of nitrogens with one attached hydrogen (secondary N) is 1. The molecule has 0 aromatic carbocycles. The van der Waals surface area contributed by atoms with E-state index in [1.807, 2.05) is 17.5 Å². The van der Waals surface area contributed by atoms with Gasteiger partial charge in [-0.15, -0.1) is 11.3 Å². The van der Waals surface area contributed by atoms with E-state index in [-0.39, 0.29) is 0 Å². The fourth-order valence-corrected chi connectivity index (χ4v) is 3.78. The Morgan fingerprint density at radius 3 is 3.07 bits per heavy atom. The van der Waals surface area contributed by atoms with Crippen molar-refractivity contribution < 1.29 is 0 Å². The molecule has 0 radical (unpaired) electrons. The number of nitrogens with zero attached hydrogens (tertiary/aromatic N) is 1. The Bertz CT molecular complexity index is 311. The van der Waals surface area contributed by atoms with Gasteiger partial charge in [0.2, 0.25) is 0 Å². The van der Waals surface area contributed by atoms with E-state index >= 15 is 0 Å². The van der Waals surface area contributed by atoms with E-state index in [0.29, 0.717) is 6.04 Å². The smallest absolute Gasteiger partial charge is 0.107 e. The summed E-state index contributed by atoms with van der Waals surface area (Å²) in [6, 6.07) is 0.693. The summed E-state index contributed by atoms with van der Waals surface area (Å²) in [5, 5.41) is 5.65. The quantitative estimate of drug-likeness (QED) is 0.879. The van der Waals surface area contributed by atoms with Crippen molar-refractivity contribution in [1.29, 1.82) is 0 Å². The third kappa shape index (κ3) is 3.20. The summed E-state index contributed by atoms with van der Waals surface area (Å²) in [5.41, 5.74) is 0. The average molecular weight is 242 g/mol. The number of aromatic nitrogens is 1. The number of rotatable bonds is 4. The normalized spacial score (nSPS) is 26.0. The predicted molar refractivity (Wildman–Crippen MR) is 68.7 cm³/mol. The molecule has 0 aliphatic carbocycles. The molecular weight excluding hydrogens is 224 g/mol. The van der Waals surface area contributed by atoms with Crippen molar-refractivity contribution in [1.82, 2.24) is 10.3 Å². The lowest BCUT2D eigenvalue weighted by molar-refractivity contribution is 0.537. The molecular formula is C11H18N2S2. The summed E-state index contributed by atoms with van der Waals surface area (Å²) in [7, 11) is 0. The molecule has 0 spiro atoms. The van der Waals surface area contributed by atoms with Crippen molar-refractivity contribution in [2.45, 2.75) is 44.5 Å². The Balaban J connectivity index is 1.77. The monoisotopic (exact) mass is 242 g/mol. The van der Waals surface area contributed by atoms with Crippen LogP contribution in [0.1, 0.15) is 30.2 Å². The van der Waals surface area contributed by atoms with Crippen molar-refractivity contribution in [3.05, 3.63) is 16.1 Å². The summed E-state index contributed by atoms with van der Waals surface area (Å²) in [5.74, 6) is 1.26. The van der Waals surface area contributed by atoms with Gasteiger partial charge in [0.25, 0.3) is 0 Å². The van der Waals surface area contributed by atoms with Gasteiger partial charge in [-0.25, -0.2) is 4.98 Å². The van der Waals surface area contributed by atoms with Gasteiger partial charge in [0.1, 0.15) is 5.01 Å².